The second-order valence-corrected chi connectivity index (χ2v) is 5.60. The lowest BCUT2D eigenvalue weighted by Crippen LogP contribution is -2.08. The Morgan fingerprint density at radius 2 is 2.00 bits per heavy atom. The van der Waals surface area contributed by atoms with Crippen molar-refractivity contribution in [3.8, 4) is 11.8 Å². The van der Waals surface area contributed by atoms with Crippen molar-refractivity contribution in [2.24, 2.45) is 0 Å². The summed E-state index contributed by atoms with van der Waals surface area (Å²) < 4.78 is 6.19. The maximum atomic E-state index is 9.36. The summed E-state index contributed by atoms with van der Waals surface area (Å²) in [6, 6.07) is 14.8. The van der Waals surface area contributed by atoms with Gasteiger partial charge in [0.1, 0.15) is 11.8 Å². The standard InChI is InChI=1S/C16H14BrClN2O/c1-2-21-13-6-3-11(4-7-13)16(10-19)20-12-5-8-15(18)14(17)9-12/h3-9,16,20H,2H2,1H3. The number of halogens is 2. The molecule has 1 unspecified atom stereocenters. The van der Waals surface area contributed by atoms with E-state index in [1.807, 2.05) is 43.3 Å². The largest absolute Gasteiger partial charge is 0.494 e. The molecule has 2 rings (SSSR count). The predicted octanol–water partition coefficient (Wildman–Crippen LogP) is 5.18. The summed E-state index contributed by atoms with van der Waals surface area (Å²) in [4.78, 5) is 0. The molecule has 0 bridgehead atoms. The van der Waals surface area contributed by atoms with Gasteiger partial charge in [-0.3, -0.25) is 0 Å². The molecule has 1 N–H and O–H groups in total. The Morgan fingerprint density at radius 1 is 1.29 bits per heavy atom. The molecule has 0 aromatic heterocycles. The third-order valence-corrected chi connectivity index (χ3v) is 4.10. The van der Waals surface area contributed by atoms with Crippen LogP contribution in [0.25, 0.3) is 0 Å². The molecule has 0 spiro atoms. The molecule has 0 saturated carbocycles. The molecule has 108 valence electrons. The van der Waals surface area contributed by atoms with E-state index in [-0.39, 0.29) is 0 Å². The van der Waals surface area contributed by atoms with Crippen LogP contribution in [0.4, 0.5) is 5.69 Å². The topological polar surface area (TPSA) is 45.0 Å². The van der Waals surface area contributed by atoms with Crippen LogP contribution in [0.1, 0.15) is 18.5 Å². The van der Waals surface area contributed by atoms with Gasteiger partial charge in [-0.05, 0) is 58.7 Å². The first kappa shape index (κ1) is 15.7. The van der Waals surface area contributed by atoms with Crippen molar-refractivity contribution in [1.82, 2.24) is 0 Å². The lowest BCUT2D eigenvalue weighted by atomic mass is 10.1. The molecule has 3 nitrogen and oxygen atoms in total. The van der Waals surface area contributed by atoms with E-state index in [2.05, 4.69) is 27.3 Å². The van der Waals surface area contributed by atoms with Crippen molar-refractivity contribution in [3.05, 3.63) is 57.5 Å². The molecule has 0 aliphatic heterocycles. The van der Waals surface area contributed by atoms with Gasteiger partial charge < -0.3 is 10.1 Å². The van der Waals surface area contributed by atoms with Crippen LogP contribution < -0.4 is 10.1 Å². The third kappa shape index (κ3) is 4.13. The van der Waals surface area contributed by atoms with Crippen LogP contribution in [0.2, 0.25) is 5.02 Å². The minimum atomic E-state index is -0.436. The van der Waals surface area contributed by atoms with Crippen LogP contribution >= 0.6 is 27.5 Å². The van der Waals surface area contributed by atoms with Crippen molar-refractivity contribution >= 4 is 33.2 Å². The van der Waals surface area contributed by atoms with Gasteiger partial charge >= 0.3 is 0 Å². The molecular formula is C16H14BrClN2O. The predicted molar refractivity (Wildman–Crippen MR) is 88.7 cm³/mol. The third-order valence-electron chi connectivity index (χ3n) is 2.88. The minimum Gasteiger partial charge on any atom is -0.494 e. The zero-order chi connectivity index (χ0) is 15.2. The van der Waals surface area contributed by atoms with Gasteiger partial charge in [0.15, 0.2) is 0 Å². The number of ether oxygens (including phenoxy) is 1. The Bertz CT molecular complexity index is 652. The van der Waals surface area contributed by atoms with Gasteiger partial charge in [0.25, 0.3) is 0 Å². The maximum absolute atomic E-state index is 9.36. The zero-order valence-electron chi connectivity index (χ0n) is 11.4. The average Bonchev–Trinajstić information content (AvgIpc) is 2.50. The molecule has 0 aliphatic rings. The fourth-order valence-corrected chi connectivity index (χ4v) is 2.36. The van der Waals surface area contributed by atoms with Gasteiger partial charge in [0.05, 0.1) is 17.7 Å². The Kier molecular flexibility index (Phi) is 5.49. The smallest absolute Gasteiger partial charge is 0.140 e. The van der Waals surface area contributed by atoms with Crippen LogP contribution in [-0.4, -0.2) is 6.61 Å². The van der Waals surface area contributed by atoms with E-state index in [9.17, 15) is 5.26 Å². The van der Waals surface area contributed by atoms with E-state index < -0.39 is 6.04 Å². The summed E-state index contributed by atoms with van der Waals surface area (Å²) in [5.74, 6) is 0.798. The monoisotopic (exact) mass is 364 g/mol. The normalized spacial score (nSPS) is 11.5. The molecule has 2 aromatic carbocycles. The molecule has 0 radical (unpaired) electrons. The van der Waals surface area contributed by atoms with Crippen molar-refractivity contribution < 1.29 is 4.74 Å². The number of nitriles is 1. The highest BCUT2D eigenvalue weighted by molar-refractivity contribution is 9.10. The quantitative estimate of drug-likeness (QED) is 0.794. The van der Waals surface area contributed by atoms with Crippen molar-refractivity contribution in [2.45, 2.75) is 13.0 Å². The van der Waals surface area contributed by atoms with Crippen LogP contribution in [0, 0.1) is 11.3 Å². The first-order valence-electron chi connectivity index (χ1n) is 6.48. The van der Waals surface area contributed by atoms with Crippen molar-refractivity contribution in [3.63, 3.8) is 0 Å². The summed E-state index contributed by atoms with van der Waals surface area (Å²) in [7, 11) is 0. The number of rotatable bonds is 5. The summed E-state index contributed by atoms with van der Waals surface area (Å²) in [6.45, 7) is 2.56. The molecule has 1 atom stereocenters. The first-order chi connectivity index (χ1) is 10.1. The molecule has 0 aliphatic carbocycles. The fraction of sp³-hybridized carbons (Fsp3) is 0.188. The number of anilines is 1. The van der Waals surface area contributed by atoms with E-state index >= 15 is 0 Å². The second kappa shape index (κ2) is 7.35. The van der Waals surface area contributed by atoms with Crippen molar-refractivity contribution in [1.29, 1.82) is 5.26 Å². The Morgan fingerprint density at radius 3 is 2.57 bits per heavy atom. The SMILES string of the molecule is CCOc1ccc(C(C#N)Nc2ccc(Cl)c(Br)c2)cc1. The Hall–Kier alpha value is -1.70. The number of nitrogens with zero attached hydrogens (tertiary/aromatic N) is 1. The lowest BCUT2D eigenvalue weighted by Gasteiger charge is -2.14. The highest BCUT2D eigenvalue weighted by atomic mass is 79.9. The van der Waals surface area contributed by atoms with Gasteiger partial charge in [0, 0.05) is 10.2 Å². The molecule has 21 heavy (non-hydrogen) atoms. The number of benzene rings is 2. The van der Waals surface area contributed by atoms with Crippen LogP contribution in [-0.2, 0) is 0 Å². The summed E-state index contributed by atoms with van der Waals surface area (Å²) in [5.41, 5.74) is 1.71. The number of hydrogen-bond acceptors (Lipinski definition) is 3. The molecule has 0 amide bonds. The Balaban J connectivity index is 2.15. The first-order valence-corrected chi connectivity index (χ1v) is 7.65. The van der Waals surface area contributed by atoms with E-state index in [4.69, 9.17) is 16.3 Å². The van der Waals surface area contributed by atoms with Crippen LogP contribution in [0.5, 0.6) is 5.75 Å². The van der Waals surface area contributed by atoms with E-state index in [1.54, 1.807) is 6.07 Å². The maximum Gasteiger partial charge on any atom is 0.140 e. The van der Waals surface area contributed by atoms with Gasteiger partial charge in [0.2, 0.25) is 0 Å². The van der Waals surface area contributed by atoms with Gasteiger partial charge in [-0.15, -0.1) is 0 Å². The Labute approximate surface area is 137 Å². The van der Waals surface area contributed by atoms with E-state index in [0.717, 1.165) is 21.5 Å². The fourth-order valence-electron chi connectivity index (χ4n) is 1.87. The molecule has 0 heterocycles. The lowest BCUT2D eigenvalue weighted by molar-refractivity contribution is 0.340. The van der Waals surface area contributed by atoms with Gasteiger partial charge in [-0.25, -0.2) is 0 Å². The summed E-state index contributed by atoms with van der Waals surface area (Å²) in [5, 5.41) is 13.2. The van der Waals surface area contributed by atoms with E-state index in [1.165, 1.54) is 0 Å². The van der Waals surface area contributed by atoms with Crippen LogP contribution in [0.3, 0.4) is 0 Å². The van der Waals surface area contributed by atoms with Gasteiger partial charge in [-0.2, -0.15) is 5.26 Å². The molecule has 0 saturated heterocycles. The van der Waals surface area contributed by atoms with Gasteiger partial charge in [-0.1, -0.05) is 23.7 Å². The average molecular weight is 366 g/mol. The van der Waals surface area contributed by atoms with Crippen molar-refractivity contribution in [2.75, 3.05) is 11.9 Å². The molecule has 0 fully saturated rings. The van der Waals surface area contributed by atoms with E-state index in [0.29, 0.717) is 11.6 Å². The molecule has 5 heteroatoms. The summed E-state index contributed by atoms with van der Waals surface area (Å²) in [6.07, 6.45) is 0. The highest BCUT2D eigenvalue weighted by Crippen LogP contribution is 2.28. The molecule has 2 aromatic rings. The number of hydrogen-bond donors (Lipinski definition) is 1. The number of nitrogens with one attached hydrogen (secondary N) is 1. The highest BCUT2D eigenvalue weighted by Gasteiger charge is 2.11. The molecular weight excluding hydrogens is 352 g/mol. The minimum absolute atomic E-state index is 0.436. The summed E-state index contributed by atoms with van der Waals surface area (Å²) >= 11 is 9.33. The van der Waals surface area contributed by atoms with Crippen LogP contribution in [0.15, 0.2) is 46.9 Å². The zero-order valence-corrected chi connectivity index (χ0v) is 13.8. The second-order valence-electron chi connectivity index (χ2n) is 4.34.